The molecule has 0 saturated heterocycles. The van der Waals surface area contributed by atoms with E-state index in [4.69, 9.17) is 0 Å². The third kappa shape index (κ3) is 3.62. The van der Waals surface area contributed by atoms with Crippen LogP contribution in [0.25, 0.3) is 11.2 Å². The summed E-state index contributed by atoms with van der Waals surface area (Å²) in [6.45, 7) is 0. The van der Waals surface area contributed by atoms with Crippen LogP contribution in [0.1, 0.15) is 39.2 Å². The van der Waals surface area contributed by atoms with Crippen molar-refractivity contribution in [2.24, 2.45) is 0 Å². The summed E-state index contributed by atoms with van der Waals surface area (Å²) < 4.78 is 30.1. The Bertz CT molecular complexity index is 948. The summed E-state index contributed by atoms with van der Waals surface area (Å²) in [6, 6.07) is 3.70. The average molecular weight is 390 g/mol. The van der Waals surface area contributed by atoms with Crippen LogP contribution in [0.4, 0.5) is 26.4 Å². The normalized spacial score (nSPS) is 19.3. The number of rotatable bonds is 4. The fourth-order valence-corrected chi connectivity index (χ4v) is 3.49. The second-order valence-corrected chi connectivity index (χ2v) is 6.64. The van der Waals surface area contributed by atoms with Gasteiger partial charge in [-0.2, -0.15) is 4.98 Å². The average Bonchev–Trinajstić information content (AvgIpc) is 3.02. The van der Waals surface area contributed by atoms with Crippen LogP contribution in [0.15, 0.2) is 24.4 Å². The number of benzene rings is 1. The first-order valence-electron chi connectivity index (χ1n) is 8.88. The highest BCUT2D eigenvalue weighted by atomic mass is 19.1. The predicted octanol–water partition coefficient (Wildman–Crippen LogP) is 4.00. The van der Waals surface area contributed by atoms with Gasteiger partial charge in [0.05, 0.1) is 12.3 Å². The molecular weight excluding hydrogens is 366 g/mol. The van der Waals surface area contributed by atoms with Gasteiger partial charge in [-0.15, -0.1) is 0 Å². The number of fused-ring (bicyclic) bond motifs is 1. The largest absolute Gasteiger partial charge is 0.393 e. The second-order valence-electron chi connectivity index (χ2n) is 6.64. The van der Waals surface area contributed by atoms with Crippen molar-refractivity contribution < 1.29 is 13.9 Å². The van der Waals surface area contributed by atoms with E-state index in [1.807, 2.05) is 4.57 Å². The topological polar surface area (TPSA) is 87.9 Å². The number of aliphatic hydroxyl groups excluding tert-OH is 1. The monoisotopic (exact) mass is 390 g/mol. The number of halogens is 2. The Hall–Kier alpha value is -2.81. The summed E-state index contributed by atoms with van der Waals surface area (Å²) in [4.78, 5) is 13.1. The Labute approximate surface area is 161 Å². The number of nitrogens with one attached hydrogen (secondary N) is 2. The van der Waals surface area contributed by atoms with Crippen LogP contribution in [0.3, 0.4) is 0 Å². The Morgan fingerprint density at radius 1 is 1.11 bits per heavy atom. The van der Waals surface area contributed by atoms with Gasteiger partial charge in [0.1, 0.15) is 22.8 Å². The first-order chi connectivity index (χ1) is 13.1. The number of aliphatic hydroxyl groups is 1. The van der Waals surface area contributed by atoms with Gasteiger partial charge in [0.2, 0.25) is 11.9 Å². The minimum absolute atomic E-state index is 0. The Morgan fingerprint density at radius 3 is 2.43 bits per heavy atom. The number of hydrogen-bond donors (Lipinski definition) is 3. The molecule has 1 aromatic carbocycles. The van der Waals surface area contributed by atoms with Crippen LogP contribution in [0.2, 0.25) is 0 Å². The van der Waals surface area contributed by atoms with Crippen molar-refractivity contribution in [3.05, 3.63) is 36.0 Å². The van der Waals surface area contributed by atoms with Gasteiger partial charge in [-0.05, 0) is 37.8 Å². The van der Waals surface area contributed by atoms with E-state index >= 15 is 0 Å². The van der Waals surface area contributed by atoms with E-state index in [0.717, 1.165) is 12.8 Å². The van der Waals surface area contributed by atoms with Crippen molar-refractivity contribution in [3.8, 4) is 0 Å². The maximum Gasteiger partial charge on any atom is 0.224 e. The molecular formula is C19H24F2N6O. The molecule has 0 amide bonds. The summed E-state index contributed by atoms with van der Waals surface area (Å²) in [5, 5.41) is 15.5. The molecule has 0 atom stereocenters. The summed E-state index contributed by atoms with van der Waals surface area (Å²) in [5.41, 5.74) is 0.848. The van der Waals surface area contributed by atoms with Gasteiger partial charge in [0.15, 0.2) is 5.65 Å². The molecule has 1 saturated carbocycles. The third-order valence-corrected chi connectivity index (χ3v) is 4.89. The molecule has 0 spiro atoms. The van der Waals surface area contributed by atoms with Crippen LogP contribution >= 0.6 is 0 Å². The van der Waals surface area contributed by atoms with Crippen molar-refractivity contribution in [1.29, 1.82) is 0 Å². The fourth-order valence-electron chi connectivity index (χ4n) is 3.49. The lowest BCUT2D eigenvalue weighted by Crippen LogP contribution is -2.22. The molecule has 28 heavy (non-hydrogen) atoms. The van der Waals surface area contributed by atoms with E-state index in [0.29, 0.717) is 35.9 Å². The third-order valence-electron chi connectivity index (χ3n) is 4.89. The lowest BCUT2D eigenvalue weighted by atomic mass is 9.93. The van der Waals surface area contributed by atoms with Crippen molar-refractivity contribution in [1.82, 2.24) is 19.5 Å². The standard InChI is InChI=1S/C18H20F2N6O.CH4/c1-21-17-22-9-14-16(25-17)26(10-5-7-11(27)8-6-10)18(23-14)24-15-12(19)3-2-4-13(15)20;/h2-4,9-11,27H,5-8H2,1H3,(H,23,24)(H,21,22,25);1H4. The highest BCUT2D eigenvalue weighted by Crippen LogP contribution is 2.35. The molecule has 1 aliphatic rings. The van der Waals surface area contributed by atoms with Gasteiger partial charge in [0.25, 0.3) is 0 Å². The lowest BCUT2D eigenvalue weighted by molar-refractivity contribution is 0.112. The van der Waals surface area contributed by atoms with Crippen molar-refractivity contribution >= 4 is 28.7 Å². The molecule has 0 radical (unpaired) electrons. The Kier molecular flexibility index (Phi) is 5.73. The molecule has 1 fully saturated rings. The SMILES string of the molecule is C.CNc1ncc2nc(Nc3c(F)cccc3F)n(C3CCC(O)CC3)c2n1. The molecule has 0 unspecified atom stereocenters. The smallest absolute Gasteiger partial charge is 0.224 e. The fraction of sp³-hybridized carbons (Fsp3) is 0.421. The number of nitrogens with zero attached hydrogens (tertiary/aromatic N) is 4. The summed E-state index contributed by atoms with van der Waals surface area (Å²) >= 11 is 0. The first kappa shape index (κ1) is 19.9. The van der Waals surface area contributed by atoms with Crippen LogP contribution in [0.5, 0.6) is 0 Å². The lowest BCUT2D eigenvalue weighted by Gasteiger charge is -2.28. The number of anilines is 3. The molecule has 4 rings (SSSR count). The highest BCUT2D eigenvalue weighted by Gasteiger charge is 2.26. The maximum absolute atomic E-state index is 14.1. The van der Waals surface area contributed by atoms with E-state index in [2.05, 4.69) is 25.6 Å². The van der Waals surface area contributed by atoms with Gasteiger partial charge < -0.3 is 15.7 Å². The molecule has 9 heteroatoms. The van der Waals surface area contributed by atoms with Crippen molar-refractivity contribution in [2.75, 3.05) is 17.7 Å². The molecule has 7 nitrogen and oxygen atoms in total. The number of para-hydroxylation sites is 1. The van der Waals surface area contributed by atoms with Crippen LogP contribution in [0, 0.1) is 11.6 Å². The van der Waals surface area contributed by atoms with Crippen LogP contribution in [-0.2, 0) is 0 Å². The van der Waals surface area contributed by atoms with Gasteiger partial charge in [-0.3, -0.25) is 4.57 Å². The summed E-state index contributed by atoms with van der Waals surface area (Å²) in [7, 11) is 1.72. The van der Waals surface area contributed by atoms with Gasteiger partial charge in [-0.25, -0.2) is 18.7 Å². The first-order valence-corrected chi connectivity index (χ1v) is 8.88. The predicted molar refractivity (Wildman–Crippen MR) is 105 cm³/mol. The minimum atomic E-state index is -0.699. The van der Waals surface area contributed by atoms with Gasteiger partial charge in [0, 0.05) is 13.1 Å². The molecule has 150 valence electrons. The van der Waals surface area contributed by atoms with Crippen molar-refractivity contribution in [3.63, 3.8) is 0 Å². The molecule has 3 N–H and O–H groups in total. The zero-order valence-corrected chi connectivity index (χ0v) is 14.8. The van der Waals surface area contributed by atoms with Crippen LogP contribution < -0.4 is 10.6 Å². The zero-order valence-electron chi connectivity index (χ0n) is 14.8. The summed E-state index contributed by atoms with van der Waals surface area (Å²) in [5.74, 6) is -0.662. The number of imidazole rings is 1. The molecule has 3 aromatic rings. The van der Waals surface area contributed by atoms with Crippen molar-refractivity contribution in [2.45, 2.75) is 45.3 Å². The maximum atomic E-state index is 14.1. The van der Waals surface area contributed by atoms with E-state index in [1.54, 1.807) is 13.2 Å². The Balaban J connectivity index is 0.00000225. The van der Waals surface area contributed by atoms with Crippen LogP contribution in [-0.4, -0.2) is 37.8 Å². The zero-order chi connectivity index (χ0) is 19.0. The van der Waals surface area contributed by atoms with E-state index in [1.165, 1.54) is 18.2 Å². The van der Waals surface area contributed by atoms with E-state index < -0.39 is 11.6 Å². The van der Waals surface area contributed by atoms with E-state index in [9.17, 15) is 13.9 Å². The quantitative estimate of drug-likeness (QED) is 0.624. The molecule has 2 heterocycles. The molecule has 0 aliphatic heterocycles. The number of aromatic nitrogens is 4. The number of hydrogen-bond acceptors (Lipinski definition) is 6. The highest BCUT2D eigenvalue weighted by molar-refractivity contribution is 5.76. The molecule has 1 aliphatic carbocycles. The summed E-state index contributed by atoms with van der Waals surface area (Å²) in [6.07, 6.45) is 4.01. The second kappa shape index (κ2) is 8.05. The van der Waals surface area contributed by atoms with E-state index in [-0.39, 0.29) is 25.3 Å². The molecule has 2 aromatic heterocycles. The molecule has 0 bridgehead atoms. The van der Waals surface area contributed by atoms with Gasteiger partial charge >= 0.3 is 0 Å². The van der Waals surface area contributed by atoms with Gasteiger partial charge in [-0.1, -0.05) is 13.5 Å². The Morgan fingerprint density at radius 2 is 1.79 bits per heavy atom. The minimum Gasteiger partial charge on any atom is -0.393 e.